The Bertz CT molecular complexity index is 167. The van der Waals surface area contributed by atoms with Crippen molar-refractivity contribution >= 4 is 0 Å². The molecule has 0 aliphatic carbocycles. The van der Waals surface area contributed by atoms with Crippen LogP contribution < -0.4 is 5.32 Å². The van der Waals surface area contributed by atoms with Gasteiger partial charge in [-0.25, -0.2) is 0 Å². The maximum absolute atomic E-state index is 5.42. The summed E-state index contributed by atoms with van der Waals surface area (Å²) < 4.78 is 5.37. The van der Waals surface area contributed by atoms with Gasteiger partial charge in [-0.05, 0) is 19.3 Å². The topological polar surface area (TPSA) is 21.3 Å². The molecule has 74 valence electrons. The Morgan fingerprint density at radius 2 is 2.54 bits per heavy atom. The molecule has 1 saturated heterocycles. The van der Waals surface area contributed by atoms with Crippen molar-refractivity contribution in [2.24, 2.45) is 0 Å². The van der Waals surface area contributed by atoms with Crippen molar-refractivity contribution in [2.75, 3.05) is 13.2 Å². The van der Waals surface area contributed by atoms with Crippen molar-refractivity contribution in [1.29, 1.82) is 0 Å². The van der Waals surface area contributed by atoms with Crippen LogP contribution in [0.4, 0.5) is 0 Å². The first-order valence-corrected chi connectivity index (χ1v) is 5.16. The van der Waals surface area contributed by atoms with E-state index in [-0.39, 0.29) is 6.04 Å². The van der Waals surface area contributed by atoms with Crippen molar-refractivity contribution in [2.45, 2.75) is 44.7 Å². The summed E-state index contributed by atoms with van der Waals surface area (Å²) in [5, 5.41) is 3.45. The molecule has 0 bridgehead atoms. The molecule has 1 aliphatic rings. The molecule has 0 saturated carbocycles. The second-order valence-corrected chi connectivity index (χ2v) is 3.59. The van der Waals surface area contributed by atoms with Crippen LogP contribution in [-0.2, 0) is 4.74 Å². The first kappa shape index (κ1) is 10.6. The van der Waals surface area contributed by atoms with Crippen LogP contribution in [0.5, 0.6) is 0 Å². The molecule has 1 N–H and O–H groups in total. The highest BCUT2D eigenvalue weighted by molar-refractivity contribution is 4.99. The molecule has 1 heterocycles. The number of terminal acetylenes is 1. The lowest BCUT2D eigenvalue weighted by molar-refractivity contribution is 0.0682. The average Bonchev–Trinajstić information content (AvgIpc) is 2.19. The standard InChI is InChI=1S/C11H19NO/c1-3-6-10(4-2)12-11-7-5-8-13-9-11/h2,10-12H,3,5-9H2,1H3. The number of nitrogens with one attached hydrogen (secondary N) is 1. The predicted octanol–water partition coefficient (Wildman–Crippen LogP) is 1.56. The van der Waals surface area contributed by atoms with Gasteiger partial charge in [-0.1, -0.05) is 19.3 Å². The van der Waals surface area contributed by atoms with Gasteiger partial charge in [-0.15, -0.1) is 6.42 Å². The first-order chi connectivity index (χ1) is 6.36. The molecular weight excluding hydrogens is 162 g/mol. The van der Waals surface area contributed by atoms with Gasteiger partial charge in [0.1, 0.15) is 0 Å². The quantitative estimate of drug-likeness (QED) is 0.664. The summed E-state index contributed by atoms with van der Waals surface area (Å²) in [5.74, 6) is 2.78. The molecule has 2 nitrogen and oxygen atoms in total. The Balaban J connectivity index is 2.24. The monoisotopic (exact) mass is 181 g/mol. The summed E-state index contributed by atoms with van der Waals surface area (Å²) >= 11 is 0. The minimum Gasteiger partial charge on any atom is -0.380 e. The molecule has 0 amide bonds. The zero-order valence-corrected chi connectivity index (χ0v) is 8.38. The van der Waals surface area contributed by atoms with E-state index in [1.165, 1.54) is 6.42 Å². The SMILES string of the molecule is C#CC(CCC)NC1CCCOC1. The van der Waals surface area contributed by atoms with Gasteiger partial charge < -0.3 is 4.74 Å². The summed E-state index contributed by atoms with van der Waals surface area (Å²) in [5.41, 5.74) is 0. The summed E-state index contributed by atoms with van der Waals surface area (Å²) in [7, 11) is 0. The second-order valence-electron chi connectivity index (χ2n) is 3.59. The highest BCUT2D eigenvalue weighted by atomic mass is 16.5. The van der Waals surface area contributed by atoms with E-state index in [2.05, 4.69) is 18.2 Å². The van der Waals surface area contributed by atoms with Gasteiger partial charge in [0, 0.05) is 12.6 Å². The Labute approximate surface area is 81.0 Å². The van der Waals surface area contributed by atoms with Gasteiger partial charge in [0.25, 0.3) is 0 Å². The van der Waals surface area contributed by atoms with E-state index in [1.807, 2.05) is 0 Å². The van der Waals surface area contributed by atoms with Crippen LogP contribution in [0.25, 0.3) is 0 Å². The van der Waals surface area contributed by atoms with Crippen LogP contribution in [0.2, 0.25) is 0 Å². The van der Waals surface area contributed by atoms with E-state index in [9.17, 15) is 0 Å². The van der Waals surface area contributed by atoms with Crippen molar-refractivity contribution < 1.29 is 4.74 Å². The molecule has 0 spiro atoms. The van der Waals surface area contributed by atoms with Crippen LogP contribution in [0.1, 0.15) is 32.6 Å². The Morgan fingerprint density at radius 1 is 1.69 bits per heavy atom. The van der Waals surface area contributed by atoms with Crippen LogP contribution in [-0.4, -0.2) is 25.3 Å². The number of hydrogen-bond acceptors (Lipinski definition) is 2. The minimum absolute atomic E-state index is 0.233. The zero-order valence-electron chi connectivity index (χ0n) is 8.38. The van der Waals surface area contributed by atoms with Crippen molar-refractivity contribution in [3.8, 4) is 12.3 Å². The minimum atomic E-state index is 0.233. The number of ether oxygens (including phenoxy) is 1. The number of hydrogen-bond donors (Lipinski definition) is 1. The van der Waals surface area contributed by atoms with E-state index in [0.717, 1.165) is 32.5 Å². The summed E-state index contributed by atoms with van der Waals surface area (Å²) in [4.78, 5) is 0. The number of rotatable bonds is 4. The van der Waals surface area contributed by atoms with Gasteiger partial charge in [0.2, 0.25) is 0 Å². The van der Waals surface area contributed by atoms with E-state index in [0.29, 0.717) is 6.04 Å². The van der Waals surface area contributed by atoms with Gasteiger partial charge in [-0.3, -0.25) is 5.32 Å². The third kappa shape index (κ3) is 3.80. The van der Waals surface area contributed by atoms with Gasteiger partial charge in [0.05, 0.1) is 12.6 Å². The van der Waals surface area contributed by atoms with Crippen molar-refractivity contribution in [3.63, 3.8) is 0 Å². The van der Waals surface area contributed by atoms with Gasteiger partial charge >= 0.3 is 0 Å². The van der Waals surface area contributed by atoms with Crippen LogP contribution >= 0.6 is 0 Å². The second kappa shape index (κ2) is 6.01. The lowest BCUT2D eigenvalue weighted by atomic mass is 10.1. The van der Waals surface area contributed by atoms with Crippen LogP contribution in [0.3, 0.4) is 0 Å². The largest absolute Gasteiger partial charge is 0.380 e. The maximum atomic E-state index is 5.42. The van der Waals surface area contributed by atoms with E-state index in [1.54, 1.807) is 0 Å². The molecule has 0 aromatic rings. The third-order valence-corrected chi connectivity index (χ3v) is 2.38. The molecule has 13 heavy (non-hydrogen) atoms. The van der Waals surface area contributed by atoms with Crippen LogP contribution in [0, 0.1) is 12.3 Å². The molecule has 1 fully saturated rings. The summed E-state index contributed by atoms with van der Waals surface area (Å²) in [6, 6.07) is 0.707. The predicted molar refractivity (Wildman–Crippen MR) is 54.5 cm³/mol. The fraction of sp³-hybridized carbons (Fsp3) is 0.818. The van der Waals surface area contributed by atoms with Gasteiger partial charge in [0.15, 0.2) is 0 Å². The van der Waals surface area contributed by atoms with Gasteiger partial charge in [-0.2, -0.15) is 0 Å². The first-order valence-electron chi connectivity index (χ1n) is 5.16. The molecular formula is C11H19NO. The fourth-order valence-electron chi connectivity index (χ4n) is 1.66. The smallest absolute Gasteiger partial charge is 0.0689 e. The molecule has 1 rings (SSSR count). The zero-order chi connectivity index (χ0) is 9.52. The summed E-state index contributed by atoms with van der Waals surface area (Å²) in [6.07, 6.45) is 9.97. The molecule has 2 unspecified atom stereocenters. The lowest BCUT2D eigenvalue weighted by Gasteiger charge is -2.26. The molecule has 2 atom stereocenters. The Hall–Kier alpha value is -0.520. The van der Waals surface area contributed by atoms with Crippen LogP contribution in [0.15, 0.2) is 0 Å². The van der Waals surface area contributed by atoms with Crippen molar-refractivity contribution in [3.05, 3.63) is 0 Å². The lowest BCUT2D eigenvalue weighted by Crippen LogP contribution is -2.42. The third-order valence-electron chi connectivity index (χ3n) is 2.38. The normalized spacial score (nSPS) is 25.1. The Kier molecular flexibility index (Phi) is 4.88. The average molecular weight is 181 g/mol. The highest BCUT2D eigenvalue weighted by Gasteiger charge is 2.16. The van der Waals surface area contributed by atoms with E-state index < -0.39 is 0 Å². The van der Waals surface area contributed by atoms with Crippen molar-refractivity contribution in [1.82, 2.24) is 5.32 Å². The molecule has 1 aliphatic heterocycles. The Morgan fingerprint density at radius 3 is 3.08 bits per heavy atom. The summed E-state index contributed by atoms with van der Waals surface area (Å²) in [6.45, 7) is 3.89. The molecule has 0 aromatic heterocycles. The van der Waals surface area contributed by atoms with E-state index >= 15 is 0 Å². The maximum Gasteiger partial charge on any atom is 0.0689 e. The molecule has 2 heteroatoms. The van der Waals surface area contributed by atoms with E-state index in [4.69, 9.17) is 11.2 Å². The fourth-order valence-corrected chi connectivity index (χ4v) is 1.66. The highest BCUT2D eigenvalue weighted by Crippen LogP contribution is 2.07. The molecule has 0 radical (unpaired) electrons. The molecule has 0 aromatic carbocycles.